The van der Waals surface area contributed by atoms with E-state index in [9.17, 15) is 18.7 Å². The van der Waals surface area contributed by atoms with Gasteiger partial charge < -0.3 is 19.5 Å². The Hall–Kier alpha value is -2.68. The van der Waals surface area contributed by atoms with Crippen LogP contribution in [0.3, 0.4) is 0 Å². The van der Waals surface area contributed by atoms with Crippen molar-refractivity contribution in [3.05, 3.63) is 64.0 Å². The zero-order chi connectivity index (χ0) is 23.4. The number of fused-ring (bicyclic) bond motifs is 1. The zero-order valence-electron chi connectivity index (χ0n) is 17.6. The lowest BCUT2D eigenvalue weighted by Gasteiger charge is -2.42. The number of rotatable bonds is 6. The number of nitrogens with zero attached hydrogens (tertiary/aromatic N) is 1. The average molecular weight is 492 g/mol. The number of aliphatic hydroxyl groups is 1. The smallest absolute Gasteiger partial charge is 0.269 e. The highest BCUT2D eigenvalue weighted by Gasteiger charge is 2.56. The van der Waals surface area contributed by atoms with Gasteiger partial charge in [0.2, 0.25) is 0 Å². The summed E-state index contributed by atoms with van der Waals surface area (Å²) in [6.45, 7) is 0.169. The van der Waals surface area contributed by atoms with Gasteiger partial charge in [0.05, 0.1) is 18.5 Å². The molecule has 0 spiro atoms. The van der Waals surface area contributed by atoms with Crippen molar-refractivity contribution in [2.75, 3.05) is 18.6 Å². The number of halogens is 3. The molecule has 0 atom stereocenters. The van der Waals surface area contributed by atoms with E-state index in [-0.39, 0.29) is 12.5 Å². The minimum atomic E-state index is -2.85. The highest BCUT2D eigenvalue weighted by atomic mass is 35.5. The first kappa shape index (κ1) is 22.1. The fraction of sp³-hybridized carbons (Fsp3) is 0.292. The fourth-order valence-corrected chi connectivity index (χ4v) is 5.48. The molecule has 1 aliphatic carbocycles. The SMILES string of the molecule is COc1cc(N2Cc3cc(-c4ccc(Cl)cc4)sc3C2=O)ccc1OCC1(O)CC(F)(F)C1. The molecule has 0 bridgehead atoms. The summed E-state index contributed by atoms with van der Waals surface area (Å²) in [5, 5.41) is 10.8. The molecule has 33 heavy (non-hydrogen) atoms. The van der Waals surface area contributed by atoms with Gasteiger partial charge in [-0.3, -0.25) is 4.79 Å². The Kier molecular flexibility index (Phi) is 5.34. The number of ether oxygens (including phenoxy) is 2. The largest absolute Gasteiger partial charge is 0.493 e. The Morgan fingerprint density at radius 2 is 1.85 bits per heavy atom. The molecule has 0 radical (unpaired) electrons. The van der Waals surface area contributed by atoms with E-state index >= 15 is 0 Å². The highest BCUT2D eigenvalue weighted by molar-refractivity contribution is 7.17. The van der Waals surface area contributed by atoms with E-state index in [0.717, 1.165) is 16.0 Å². The first-order valence-corrected chi connectivity index (χ1v) is 11.5. The maximum absolute atomic E-state index is 13.1. The van der Waals surface area contributed by atoms with Gasteiger partial charge in [0.25, 0.3) is 11.8 Å². The normalized spacial score (nSPS) is 18.1. The molecule has 2 aromatic carbocycles. The van der Waals surface area contributed by atoms with Crippen LogP contribution in [0.15, 0.2) is 48.5 Å². The molecule has 1 saturated carbocycles. The number of methoxy groups -OCH3 is 1. The molecule has 2 aliphatic rings. The molecule has 9 heteroatoms. The Labute approximate surface area is 198 Å². The predicted molar refractivity (Wildman–Crippen MR) is 123 cm³/mol. The molecule has 5 nitrogen and oxygen atoms in total. The molecule has 1 fully saturated rings. The molecule has 172 valence electrons. The summed E-state index contributed by atoms with van der Waals surface area (Å²) in [5.74, 6) is -2.28. The predicted octanol–water partition coefficient (Wildman–Crippen LogP) is 5.78. The number of benzene rings is 2. The van der Waals surface area contributed by atoms with Crippen LogP contribution in [-0.4, -0.2) is 36.3 Å². The first-order chi connectivity index (χ1) is 15.7. The second kappa shape index (κ2) is 7.97. The molecule has 1 N–H and O–H groups in total. The van der Waals surface area contributed by atoms with Gasteiger partial charge >= 0.3 is 0 Å². The summed E-state index contributed by atoms with van der Waals surface area (Å²) in [5.41, 5.74) is 1.04. The highest BCUT2D eigenvalue weighted by Crippen LogP contribution is 2.46. The molecular formula is C24H20ClF2NO4S. The first-order valence-electron chi connectivity index (χ1n) is 10.3. The minimum absolute atomic E-state index is 0.100. The van der Waals surface area contributed by atoms with Crippen molar-refractivity contribution in [1.29, 1.82) is 0 Å². The van der Waals surface area contributed by atoms with E-state index in [1.165, 1.54) is 18.4 Å². The van der Waals surface area contributed by atoms with E-state index in [1.54, 1.807) is 23.1 Å². The van der Waals surface area contributed by atoms with Crippen LogP contribution in [0.4, 0.5) is 14.5 Å². The van der Waals surface area contributed by atoms with Crippen LogP contribution in [-0.2, 0) is 6.54 Å². The summed E-state index contributed by atoms with van der Waals surface area (Å²) >= 11 is 7.41. The van der Waals surface area contributed by atoms with E-state index in [0.29, 0.717) is 33.6 Å². The van der Waals surface area contributed by atoms with Crippen molar-refractivity contribution >= 4 is 34.5 Å². The number of carbonyl (C=O) groups excluding carboxylic acids is 1. The van der Waals surface area contributed by atoms with Gasteiger partial charge in [-0.1, -0.05) is 23.7 Å². The Morgan fingerprint density at radius 3 is 2.48 bits per heavy atom. The van der Waals surface area contributed by atoms with E-state index in [2.05, 4.69) is 0 Å². The van der Waals surface area contributed by atoms with Crippen LogP contribution in [0.5, 0.6) is 11.5 Å². The van der Waals surface area contributed by atoms with E-state index < -0.39 is 24.4 Å². The lowest BCUT2D eigenvalue weighted by Crippen LogP contribution is -2.55. The van der Waals surface area contributed by atoms with Crippen molar-refractivity contribution in [2.24, 2.45) is 0 Å². The average Bonchev–Trinajstić information content (AvgIpc) is 3.31. The van der Waals surface area contributed by atoms with Gasteiger partial charge in [-0.15, -0.1) is 11.3 Å². The van der Waals surface area contributed by atoms with Crippen LogP contribution >= 0.6 is 22.9 Å². The van der Waals surface area contributed by atoms with Crippen LogP contribution in [0.2, 0.25) is 5.02 Å². The third-order valence-corrected chi connectivity index (χ3v) is 7.30. The Balaban J connectivity index is 1.31. The summed E-state index contributed by atoms with van der Waals surface area (Å²) in [6.07, 6.45) is -1.24. The fourth-order valence-electron chi connectivity index (χ4n) is 4.23. The van der Waals surface area contributed by atoms with Crippen molar-refractivity contribution in [3.63, 3.8) is 0 Å². The molecule has 1 amide bonds. The lowest BCUT2D eigenvalue weighted by atomic mass is 9.77. The standard InChI is InChI=1S/C24H20ClF2NO4S/c1-31-19-9-17(6-7-18(19)32-13-23(30)11-24(26,27)12-23)28-10-15-8-20(33-21(15)22(28)29)14-2-4-16(25)5-3-14/h2-9,30H,10-13H2,1H3. The summed E-state index contributed by atoms with van der Waals surface area (Å²) < 4.78 is 37.2. The van der Waals surface area contributed by atoms with Crippen molar-refractivity contribution in [1.82, 2.24) is 0 Å². The van der Waals surface area contributed by atoms with Gasteiger partial charge in [0.15, 0.2) is 11.5 Å². The summed E-state index contributed by atoms with van der Waals surface area (Å²) in [4.78, 5) is 16.4. The molecule has 0 saturated heterocycles. The van der Waals surface area contributed by atoms with Gasteiger partial charge in [-0.2, -0.15) is 0 Å². The zero-order valence-corrected chi connectivity index (χ0v) is 19.2. The lowest BCUT2D eigenvalue weighted by molar-refractivity contribution is -0.215. The number of anilines is 1. The van der Waals surface area contributed by atoms with Crippen molar-refractivity contribution < 1.29 is 28.2 Å². The van der Waals surface area contributed by atoms with E-state index in [1.807, 2.05) is 30.3 Å². The topological polar surface area (TPSA) is 59.0 Å². The molecule has 1 aromatic heterocycles. The molecule has 3 aromatic rings. The quantitative estimate of drug-likeness (QED) is 0.475. The van der Waals surface area contributed by atoms with Crippen molar-refractivity contribution in [3.8, 4) is 21.9 Å². The van der Waals surface area contributed by atoms with Gasteiger partial charge in [-0.25, -0.2) is 8.78 Å². The number of thiophene rings is 1. The van der Waals surface area contributed by atoms with Gasteiger partial charge in [0.1, 0.15) is 12.2 Å². The Bertz CT molecular complexity index is 1220. The van der Waals surface area contributed by atoms with Crippen LogP contribution in [0.1, 0.15) is 28.1 Å². The molecule has 2 heterocycles. The minimum Gasteiger partial charge on any atom is -0.493 e. The number of hydrogen-bond acceptors (Lipinski definition) is 5. The maximum Gasteiger partial charge on any atom is 0.269 e. The third kappa shape index (κ3) is 4.18. The van der Waals surface area contributed by atoms with Gasteiger partial charge in [-0.05, 0) is 41.5 Å². The summed E-state index contributed by atoms with van der Waals surface area (Å²) in [6, 6.07) is 14.5. The van der Waals surface area contributed by atoms with Crippen LogP contribution < -0.4 is 14.4 Å². The molecular weight excluding hydrogens is 472 g/mol. The van der Waals surface area contributed by atoms with Crippen LogP contribution in [0.25, 0.3) is 10.4 Å². The van der Waals surface area contributed by atoms with Gasteiger partial charge in [0, 0.05) is 34.5 Å². The van der Waals surface area contributed by atoms with Crippen molar-refractivity contribution in [2.45, 2.75) is 30.9 Å². The summed E-state index contributed by atoms with van der Waals surface area (Å²) in [7, 11) is 1.46. The number of alkyl halides is 2. The molecule has 5 rings (SSSR count). The third-order valence-electron chi connectivity index (χ3n) is 5.84. The monoisotopic (exact) mass is 491 g/mol. The number of amides is 1. The Morgan fingerprint density at radius 1 is 1.12 bits per heavy atom. The van der Waals surface area contributed by atoms with Crippen LogP contribution in [0, 0.1) is 0 Å². The molecule has 1 aliphatic heterocycles. The number of hydrogen-bond donors (Lipinski definition) is 1. The second-order valence-corrected chi connectivity index (χ2v) is 9.91. The van der Waals surface area contributed by atoms with E-state index in [4.69, 9.17) is 21.1 Å². The number of carbonyl (C=O) groups is 1. The maximum atomic E-state index is 13.1. The second-order valence-electron chi connectivity index (χ2n) is 8.42. The molecule has 0 unspecified atom stereocenters.